The van der Waals surface area contributed by atoms with Crippen molar-refractivity contribution in [1.82, 2.24) is 9.97 Å². The first kappa shape index (κ1) is 13.1. The van der Waals surface area contributed by atoms with Crippen molar-refractivity contribution in [3.05, 3.63) is 52.8 Å². The maximum atomic E-state index is 4.64. The summed E-state index contributed by atoms with van der Waals surface area (Å²) < 4.78 is 0. The second-order valence-electron chi connectivity index (χ2n) is 5.93. The molecule has 1 aliphatic carbocycles. The first-order valence-corrected chi connectivity index (χ1v) is 7.30. The molecule has 1 N–H and O–H groups in total. The number of anilines is 1. The summed E-state index contributed by atoms with van der Waals surface area (Å²) in [6.45, 7) is 6.36. The van der Waals surface area contributed by atoms with Crippen molar-refractivity contribution in [2.24, 2.45) is 0 Å². The van der Waals surface area contributed by atoms with Gasteiger partial charge in [0.25, 0.3) is 0 Å². The quantitative estimate of drug-likeness (QED) is 0.925. The molecule has 0 saturated heterocycles. The third-order valence-electron chi connectivity index (χ3n) is 3.85. The number of fused-ring (bicyclic) bond motifs is 1. The predicted octanol–water partition coefficient (Wildman–Crippen LogP) is 3.49. The molecule has 1 aromatic carbocycles. The minimum atomic E-state index is 0.411. The third kappa shape index (κ3) is 2.67. The lowest BCUT2D eigenvalue weighted by molar-refractivity contribution is 0.748. The lowest BCUT2D eigenvalue weighted by Crippen LogP contribution is -2.21. The lowest BCUT2D eigenvalue weighted by atomic mass is 10.1. The maximum Gasteiger partial charge on any atom is 0.223 e. The molecule has 3 rings (SSSR count). The van der Waals surface area contributed by atoms with Gasteiger partial charge in [0.05, 0.1) is 0 Å². The minimum absolute atomic E-state index is 0.411. The highest BCUT2D eigenvalue weighted by Crippen LogP contribution is 2.24. The Morgan fingerprint density at radius 1 is 1.10 bits per heavy atom. The Hall–Kier alpha value is -1.90. The monoisotopic (exact) mass is 267 g/mol. The highest BCUT2D eigenvalue weighted by Gasteiger charge is 2.21. The summed E-state index contributed by atoms with van der Waals surface area (Å²) in [5.74, 6) is 1.20. The van der Waals surface area contributed by atoms with Gasteiger partial charge in [-0.1, -0.05) is 38.1 Å². The van der Waals surface area contributed by atoms with Crippen molar-refractivity contribution in [1.29, 1.82) is 0 Å². The summed E-state index contributed by atoms with van der Waals surface area (Å²) in [6.07, 6.45) is 2.12. The van der Waals surface area contributed by atoms with Gasteiger partial charge >= 0.3 is 0 Å². The number of nitrogens with one attached hydrogen (secondary N) is 1. The molecule has 1 aliphatic rings. The van der Waals surface area contributed by atoms with Crippen molar-refractivity contribution < 1.29 is 0 Å². The Kier molecular flexibility index (Phi) is 3.43. The number of hydrogen-bond acceptors (Lipinski definition) is 3. The first-order valence-electron chi connectivity index (χ1n) is 7.30. The molecule has 0 radical (unpaired) electrons. The van der Waals surface area contributed by atoms with Crippen molar-refractivity contribution in [3.8, 4) is 0 Å². The SMILES string of the molecule is Cc1cc(C(C)C)nc(NC2Cc3ccccc3C2)n1. The van der Waals surface area contributed by atoms with Crippen LogP contribution >= 0.6 is 0 Å². The Morgan fingerprint density at radius 2 is 1.75 bits per heavy atom. The summed E-state index contributed by atoms with van der Waals surface area (Å²) in [4.78, 5) is 9.16. The zero-order valence-electron chi connectivity index (χ0n) is 12.4. The van der Waals surface area contributed by atoms with Gasteiger partial charge in [-0.05, 0) is 42.9 Å². The third-order valence-corrected chi connectivity index (χ3v) is 3.85. The van der Waals surface area contributed by atoms with E-state index in [1.807, 2.05) is 6.92 Å². The average molecular weight is 267 g/mol. The second kappa shape index (κ2) is 5.23. The molecule has 0 atom stereocenters. The summed E-state index contributed by atoms with van der Waals surface area (Å²) >= 11 is 0. The van der Waals surface area contributed by atoms with Crippen LogP contribution in [0.1, 0.15) is 42.3 Å². The van der Waals surface area contributed by atoms with E-state index in [0.29, 0.717) is 12.0 Å². The van der Waals surface area contributed by atoms with E-state index in [1.54, 1.807) is 0 Å². The normalized spacial score (nSPS) is 14.6. The fourth-order valence-electron chi connectivity index (χ4n) is 2.80. The number of aromatic nitrogens is 2. The molecule has 0 unspecified atom stereocenters. The predicted molar refractivity (Wildman–Crippen MR) is 82.1 cm³/mol. The molecule has 2 aromatic rings. The summed E-state index contributed by atoms with van der Waals surface area (Å²) in [7, 11) is 0. The number of benzene rings is 1. The van der Waals surface area contributed by atoms with E-state index in [1.165, 1.54) is 11.1 Å². The standard InChI is InChI=1S/C17H21N3/c1-11(2)16-8-12(3)18-17(20-16)19-15-9-13-6-4-5-7-14(13)10-15/h4-8,11,15H,9-10H2,1-3H3,(H,18,19,20). The first-order chi connectivity index (χ1) is 9.61. The second-order valence-corrected chi connectivity index (χ2v) is 5.93. The summed E-state index contributed by atoms with van der Waals surface area (Å²) in [6, 6.07) is 11.1. The van der Waals surface area contributed by atoms with Gasteiger partial charge in [-0.2, -0.15) is 0 Å². The van der Waals surface area contributed by atoms with Crippen LogP contribution in [0.4, 0.5) is 5.95 Å². The lowest BCUT2D eigenvalue weighted by Gasteiger charge is -2.14. The molecule has 0 amide bonds. The van der Waals surface area contributed by atoms with Crippen LogP contribution < -0.4 is 5.32 Å². The average Bonchev–Trinajstić information content (AvgIpc) is 2.79. The van der Waals surface area contributed by atoms with E-state index in [-0.39, 0.29) is 0 Å². The van der Waals surface area contributed by atoms with E-state index in [2.05, 4.69) is 59.5 Å². The highest BCUT2D eigenvalue weighted by atomic mass is 15.1. The smallest absolute Gasteiger partial charge is 0.223 e. The Bertz CT molecular complexity index is 594. The van der Waals surface area contributed by atoms with Crippen molar-refractivity contribution >= 4 is 5.95 Å². The molecule has 0 saturated carbocycles. The van der Waals surface area contributed by atoms with Crippen LogP contribution in [0.25, 0.3) is 0 Å². The molecule has 104 valence electrons. The van der Waals surface area contributed by atoms with Crippen LogP contribution in [0, 0.1) is 6.92 Å². The van der Waals surface area contributed by atoms with Crippen molar-refractivity contribution in [3.63, 3.8) is 0 Å². The molecule has 20 heavy (non-hydrogen) atoms. The number of rotatable bonds is 3. The van der Waals surface area contributed by atoms with Crippen molar-refractivity contribution in [2.75, 3.05) is 5.32 Å². The largest absolute Gasteiger partial charge is 0.351 e. The van der Waals surface area contributed by atoms with Gasteiger partial charge in [0, 0.05) is 17.4 Å². The Morgan fingerprint density at radius 3 is 2.35 bits per heavy atom. The zero-order chi connectivity index (χ0) is 14.1. The molecule has 0 fully saturated rings. The highest BCUT2D eigenvalue weighted by molar-refractivity contribution is 5.39. The molecule has 0 aliphatic heterocycles. The number of hydrogen-bond donors (Lipinski definition) is 1. The fraction of sp³-hybridized carbons (Fsp3) is 0.412. The molecule has 0 spiro atoms. The molecule has 3 nitrogen and oxygen atoms in total. The van der Waals surface area contributed by atoms with Crippen LogP contribution in [0.5, 0.6) is 0 Å². The number of aryl methyl sites for hydroxylation is 1. The van der Waals surface area contributed by atoms with Crippen molar-refractivity contribution in [2.45, 2.75) is 45.6 Å². The van der Waals surface area contributed by atoms with Crippen LogP contribution in [0.3, 0.4) is 0 Å². The molecule has 3 heteroatoms. The molecule has 1 heterocycles. The van der Waals surface area contributed by atoms with Crippen LogP contribution in [0.2, 0.25) is 0 Å². The molecular formula is C17H21N3. The Labute approximate surface area is 120 Å². The van der Waals surface area contributed by atoms with E-state index in [9.17, 15) is 0 Å². The van der Waals surface area contributed by atoms with Gasteiger partial charge in [-0.25, -0.2) is 9.97 Å². The van der Waals surface area contributed by atoms with Gasteiger partial charge < -0.3 is 5.32 Å². The van der Waals surface area contributed by atoms with Crippen LogP contribution in [-0.4, -0.2) is 16.0 Å². The van der Waals surface area contributed by atoms with E-state index >= 15 is 0 Å². The summed E-state index contributed by atoms with van der Waals surface area (Å²) in [5.41, 5.74) is 5.03. The van der Waals surface area contributed by atoms with Crippen LogP contribution in [0.15, 0.2) is 30.3 Å². The fourth-order valence-corrected chi connectivity index (χ4v) is 2.80. The number of nitrogens with zero attached hydrogens (tertiary/aromatic N) is 2. The van der Waals surface area contributed by atoms with E-state index in [0.717, 1.165) is 30.2 Å². The molecule has 0 bridgehead atoms. The van der Waals surface area contributed by atoms with Gasteiger partial charge in [0.15, 0.2) is 0 Å². The Balaban J connectivity index is 1.77. The molecular weight excluding hydrogens is 246 g/mol. The van der Waals surface area contributed by atoms with Gasteiger partial charge in [-0.3, -0.25) is 0 Å². The van der Waals surface area contributed by atoms with Gasteiger partial charge in [0.1, 0.15) is 0 Å². The van der Waals surface area contributed by atoms with Gasteiger partial charge in [-0.15, -0.1) is 0 Å². The van der Waals surface area contributed by atoms with E-state index in [4.69, 9.17) is 0 Å². The maximum absolute atomic E-state index is 4.64. The van der Waals surface area contributed by atoms with Gasteiger partial charge in [0.2, 0.25) is 5.95 Å². The van der Waals surface area contributed by atoms with Crippen LogP contribution in [-0.2, 0) is 12.8 Å². The zero-order valence-corrected chi connectivity index (χ0v) is 12.4. The summed E-state index contributed by atoms with van der Waals surface area (Å²) in [5, 5.41) is 3.50. The van der Waals surface area contributed by atoms with E-state index < -0.39 is 0 Å². The topological polar surface area (TPSA) is 37.8 Å². The molecule has 1 aromatic heterocycles. The minimum Gasteiger partial charge on any atom is -0.351 e.